The first-order valence-electron chi connectivity index (χ1n) is 8.03. The van der Waals surface area contributed by atoms with Gasteiger partial charge in [-0.3, -0.25) is 0 Å². The number of benzene rings is 2. The topological polar surface area (TPSA) is 32.5 Å². The van der Waals surface area contributed by atoms with Crippen molar-refractivity contribution in [1.82, 2.24) is 9.80 Å². The minimum Gasteiger partial charge on any atom is -0.399 e. The Balaban J connectivity index is 1.84. The molecule has 0 aliphatic carbocycles. The van der Waals surface area contributed by atoms with Crippen LogP contribution in [0, 0.1) is 0 Å². The molecule has 2 aliphatic heterocycles. The van der Waals surface area contributed by atoms with Gasteiger partial charge in [0.15, 0.2) is 0 Å². The van der Waals surface area contributed by atoms with Crippen LogP contribution < -0.4 is 5.73 Å². The van der Waals surface area contributed by atoms with Crippen LogP contribution in [0.1, 0.15) is 11.1 Å². The highest BCUT2D eigenvalue weighted by atomic mass is 32.2. The molecule has 23 heavy (non-hydrogen) atoms. The van der Waals surface area contributed by atoms with Crippen molar-refractivity contribution in [3.63, 3.8) is 0 Å². The smallest absolute Gasteiger partial charge is 0.0459 e. The van der Waals surface area contributed by atoms with E-state index >= 15 is 0 Å². The van der Waals surface area contributed by atoms with Crippen molar-refractivity contribution < 1.29 is 0 Å². The summed E-state index contributed by atoms with van der Waals surface area (Å²) in [5.74, 6) is 0. The lowest BCUT2D eigenvalue weighted by atomic mass is 10.1. The van der Waals surface area contributed by atoms with Crippen LogP contribution in [0.25, 0.3) is 11.8 Å². The Morgan fingerprint density at radius 2 is 1.74 bits per heavy atom. The van der Waals surface area contributed by atoms with Gasteiger partial charge in [0, 0.05) is 52.9 Å². The number of rotatable bonds is 1. The van der Waals surface area contributed by atoms with Crippen molar-refractivity contribution in [2.75, 3.05) is 39.0 Å². The average Bonchev–Trinajstić information content (AvgIpc) is 2.72. The number of anilines is 1. The molecule has 0 saturated carbocycles. The molecule has 118 valence electrons. The molecule has 1 saturated heterocycles. The quantitative estimate of drug-likeness (QED) is 0.815. The van der Waals surface area contributed by atoms with E-state index in [9.17, 15) is 0 Å². The minimum absolute atomic E-state index is 0.829. The molecule has 2 heterocycles. The highest BCUT2D eigenvalue weighted by Crippen LogP contribution is 2.42. The second-order valence-electron chi connectivity index (χ2n) is 6.22. The molecule has 0 unspecified atom stereocenters. The van der Waals surface area contributed by atoms with Gasteiger partial charge in [-0.1, -0.05) is 30.0 Å². The molecule has 0 atom stereocenters. The van der Waals surface area contributed by atoms with Gasteiger partial charge in [-0.05, 0) is 43.0 Å². The maximum Gasteiger partial charge on any atom is 0.0459 e. The molecule has 2 aliphatic rings. The Labute approximate surface area is 141 Å². The SMILES string of the molecule is CN1CCN(C2=Cc3ccccc3Sc3ccc(N)cc32)CC1. The predicted molar refractivity (Wildman–Crippen MR) is 98.4 cm³/mol. The van der Waals surface area contributed by atoms with Crippen LogP contribution in [-0.4, -0.2) is 43.0 Å². The summed E-state index contributed by atoms with van der Waals surface area (Å²) in [5.41, 5.74) is 10.8. The fourth-order valence-corrected chi connectivity index (χ4v) is 4.22. The highest BCUT2D eigenvalue weighted by Gasteiger charge is 2.22. The van der Waals surface area contributed by atoms with Crippen LogP contribution in [0.3, 0.4) is 0 Å². The molecule has 0 radical (unpaired) electrons. The molecule has 0 spiro atoms. The molecule has 0 bridgehead atoms. The van der Waals surface area contributed by atoms with Gasteiger partial charge in [0.1, 0.15) is 0 Å². The summed E-state index contributed by atoms with van der Waals surface area (Å²) >= 11 is 1.84. The molecular weight excluding hydrogens is 302 g/mol. The van der Waals surface area contributed by atoms with E-state index in [1.807, 2.05) is 17.8 Å². The van der Waals surface area contributed by atoms with E-state index in [-0.39, 0.29) is 0 Å². The number of nitrogens with two attached hydrogens (primary N) is 1. The normalized spacial score (nSPS) is 18.0. The van der Waals surface area contributed by atoms with E-state index in [2.05, 4.69) is 59.3 Å². The number of hydrogen-bond acceptors (Lipinski definition) is 4. The number of nitrogens with zero attached hydrogens (tertiary/aromatic N) is 2. The lowest BCUT2D eigenvalue weighted by Crippen LogP contribution is -2.43. The van der Waals surface area contributed by atoms with E-state index in [0.717, 1.165) is 31.9 Å². The van der Waals surface area contributed by atoms with Gasteiger partial charge < -0.3 is 15.5 Å². The molecule has 3 nitrogen and oxygen atoms in total. The number of likely N-dealkylation sites (N-methyl/N-ethyl adjacent to an activating group) is 1. The first-order chi connectivity index (χ1) is 11.2. The zero-order valence-electron chi connectivity index (χ0n) is 13.3. The fraction of sp³-hybridized carbons (Fsp3) is 0.263. The van der Waals surface area contributed by atoms with E-state index in [1.54, 1.807) is 0 Å². The summed E-state index contributed by atoms with van der Waals surface area (Å²) < 4.78 is 0. The van der Waals surface area contributed by atoms with Gasteiger partial charge >= 0.3 is 0 Å². The van der Waals surface area contributed by atoms with E-state index in [0.29, 0.717) is 0 Å². The molecule has 4 rings (SSSR count). The third-order valence-corrected chi connectivity index (χ3v) is 5.72. The van der Waals surface area contributed by atoms with Crippen molar-refractivity contribution in [3.05, 3.63) is 53.6 Å². The van der Waals surface area contributed by atoms with Crippen LogP contribution in [0.15, 0.2) is 52.3 Å². The first-order valence-corrected chi connectivity index (χ1v) is 8.84. The third-order valence-electron chi connectivity index (χ3n) is 4.55. The summed E-state index contributed by atoms with van der Waals surface area (Å²) in [7, 11) is 2.19. The number of hydrogen-bond donors (Lipinski definition) is 1. The maximum absolute atomic E-state index is 6.09. The number of fused-ring (bicyclic) bond motifs is 2. The van der Waals surface area contributed by atoms with Crippen LogP contribution in [0.5, 0.6) is 0 Å². The van der Waals surface area contributed by atoms with Gasteiger partial charge in [-0.15, -0.1) is 0 Å². The lowest BCUT2D eigenvalue weighted by Gasteiger charge is -2.36. The number of nitrogen functional groups attached to an aromatic ring is 1. The van der Waals surface area contributed by atoms with Crippen LogP contribution in [0.2, 0.25) is 0 Å². The molecule has 2 aromatic carbocycles. The molecule has 2 N–H and O–H groups in total. The molecule has 4 heteroatoms. The summed E-state index contributed by atoms with van der Waals surface area (Å²) in [6.07, 6.45) is 2.33. The largest absolute Gasteiger partial charge is 0.399 e. The number of piperazine rings is 1. The van der Waals surface area contributed by atoms with E-state index in [1.165, 1.54) is 26.6 Å². The Bertz CT molecular complexity index is 761. The van der Waals surface area contributed by atoms with Crippen LogP contribution in [-0.2, 0) is 0 Å². The van der Waals surface area contributed by atoms with Gasteiger partial charge in [-0.25, -0.2) is 0 Å². The molecule has 2 aromatic rings. The van der Waals surface area contributed by atoms with Crippen molar-refractivity contribution in [2.45, 2.75) is 9.79 Å². The van der Waals surface area contributed by atoms with Crippen LogP contribution in [0.4, 0.5) is 5.69 Å². The average molecular weight is 323 g/mol. The Morgan fingerprint density at radius 3 is 2.57 bits per heavy atom. The van der Waals surface area contributed by atoms with Crippen molar-refractivity contribution in [2.24, 2.45) is 0 Å². The minimum atomic E-state index is 0.829. The molecule has 0 aromatic heterocycles. The van der Waals surface area contributed by atoms with E-state index < -0.39 is 0 Å². The third kappa shape index (κ3) is 2.84. The van der Waals surface area contributed by atoms with E-state index in [4.69, 9.17) is 5.73 Å². The molecular formula is C19H21N3S. The fourth-order valence-electron chi connectivity index (χ4n) is 3.18. The maximum atomic E-state index is 6.09. The Hall–Kier alpha value is -1.91. The van der Waals surface area contributed by atoms with Gasteiger partial charge in [0.25, 0.3) is 0 Å². The highest BCUT2D eigenvalue weighted by molar-refractivity contribution is 7.99. The molecule has 1 fully saturated rings. The summed E-state index contributed by atoms with van der Waals surface area (Å²) in [5, 5.41) is 0. The second-order valence-corrected chi connectivity index (χ2v) is 7.30. The zero-order chi connectivity index (χ0) is 15.8. The standard InChI is InChI=1S/C19H21N3S/c1-21-8-10-22(11-9-21)17-12-14-4-2-3-5-18(14)23-19-7-6-15(20)13-16(17)19/h2-7,12-13H,8-11,20H2,1H3. The van der Waals surface area contributed by atoms with Crippen molar-refractivity contribution >= 4 is 29.2 Å². The Kier molecular flexibility index (Phi) is 3.79. The zero-order valence-corrected chi connectivity index (χ0v) is 14.1. The first kappa shape index (κ1) is 14.7. The van der Waals surface area contributed by atoms with Gasteiger partial charge in [0.2, 0.25) is 0 Å². The second kappa shape index (κ2) is 5.95. The molecule has 0 amide bonds. The summed E-state index contributed by atoms with van der Waals surface area (Å²) in [4.78, 5) is 7.48. The van der Waals surface area contributed by atoms with Gasteiger partial charge in [-0.2, -0.15) is 0 Å². The lowest BCUT2D eigenvalue weighted by molar-refractivity contribution is 0.207. The van der Waals surface area contributed by atoms with Crippen LogP contribution >= 0.6 is 11.8 Å². The summed E-state index contributed by atoms with van der Waals surface area (Å²) in [6, 6.07) is 14.9. The monoisotopic (exact) mass is 323 g/mol. The van der Waals surface area contributed by atoms with Crippen molar-refractivity contribution in [3.8, 4) is 0 Å². The predicted octanol–water partition coefficient (Wildman–Crippen LogP) is 3.48. The summed E-state index contributed by atoms with van der Waals surface area (Å²) in [6.45, 7) is 4.32. The van der Waals surface area contributed by atoms with Gasteiger partial charge in [0.05, 0.1) is 0 Å². The van der Waals surface area contributed by atoms with Crippen molar-refractivity contribution in [1.29, 1.82) is 0 Å². The Morgan fingerprint density at radius 1 is 0.957 bits per heavy atom.